The SMILES string of the molecule is CN(C)[C@@H]1CCN(c2ccc([C@H]3CN(c4nc(-c5ccncc5F)cc(=O)n4C)CCN3)cc2)C1.Cl.Cl.Cl.Cl. The monoisotopic (exact) mass is 621 g/mol. The minimum atomic E-state index is -0.493. The number of anilines is 2. The van der Waals surface area contributed by atoms with Gasteiger partial charge in [0.05, 0.1) is 11.9 Å². The standard InChI is InChI=1S/C26H32FN7O.4ClH/c1-31(2)20-9-12-33(16-20)19-6-4-18(5-7-19)24-17-34(13-11-29-24)26-30-23(14-25(35)32(26)3)21-8-10-28-15-22(21)27;;;;/h4-8,10,14-15,20,24,29H,9,11-13,16-17H2,1-3H3;4*1H/t20-,24-;;;;/m1..../s1. The van der Waals surface area contributed by atoms with Gasteiger partial charge in [-0.2, -0.15) is 0 Å². The second-order valence-corrected chi connectivity index (χ2v) is 9.59. The molecule has 2 atom stereocenters. The van der Waals surface area contributed by atoms with Crippen LogP contribution in [0.2, 0.25) is 0 Å². The second-order valence-electron chi connectivity index (χ2n) is 9.59. The number of hydrogen-bond donors (Lipinski definition) is 1. The molecule has 0 saturated carbocycles. The fourth-order valence-corrected chi connectivity index (χ4v) is 5.00. The van der Waals surface area contributed by atoms with Crippen molar-refractivity contribution < 1.29 is 4.39 Å². The van der Waals surface area contributed by atoms with Crippen LogP contribution in [0.1, 0.15) is 18.0 Å². The van der Waals surface area contributed by atoms with E-state index in [4.69, 9.17) is 0 Å². The van der Waals surface area contributed by atoms with E-state index in [1.54, 1.807) is 13.1 Å². The normalized spacial score (nSPS) is 18.5. The molecule has 0 amide bonds. The molecule has 39 heavy (non-hydrogen) atoms. The van der Waals surface area contributed by atoms with Crippen LogP contribution in [0.3, 0.4) is 0 Å². The zero-order chi connectivity index (χ0) is 24.5. The number of aromatic nitrogens is 3. The van der Waals surface area contributed by atoms with Crippen LogP contribution in [-0.2, 0) is 7.05 Å². The first-order valence-electron chi connectivity index (χ1n) is 12.1. The lowest BCUT2D eigenvalue weighted by molar-refractivity contribution is 0.315. The Balaban J connectivity index is 0.00000190. The van der Waals surface area contributed by atoms with Gasteiger partial charge in [0.1, 0.15) is 0 Å². The van der Waals surface area contributed by atoms with Crippen molar-refractivity contribution in [3.63, 3.8) is 0 Å². The van der Waals surface area contributed by atoms with Gasteiger partial charge in [-0.25, -0.2) is 9.37 Å². The molecule has 2 aromatic heterocycles. The molecule has 2 fully saturated rings. The molecule has 2 aliphatic heterocycles. The van der Waals surface area contributed by atoms with E-state index in [1.165, 1.54) is 34.5 Å². The topological polar surface area (TPSA) is 69.5 Å². The summed E-state index contributed by atoms with van der Waals surface area (Å²) in [4.78, 5) is 28.0. The maximum absolute atomic E-state index is 14.3. The number of pyridine rings is 1. The summed E-state index contributed by atoms with van der Waals surface area (Å²) >= 11 is 0. The molecule has 8 nitrogen and oxygen atoms in total. The molecule has 0 spiro atoms. The van der Waals surface area contributed by atoms with E-state index in [0.717, 1.165) is 25.8 Å². The highest BCUT2D eigenvalue weighted by molar-refractivity contribution is 5.86. The van der Waals surface area contributed by atoms with Crippen LogP contribution in [0.5, 0.6) is 0 Å². The second kappa shape index (κ2) is 15.0. The summed E-state index contributed by atoms with van der Waals surface area (Å²) in [6.07, 6.45) is 3.83. The predicted octanol–water partition coefficient (Wildman–Crippen LogP) is 3.96. The van der Waals surface area contributed by atoms with Gasteiger partial charge in [-0.05, 0) is 44.3 Å². The Morgan fingerprint density at radius 3 is 2.36 bits per heavy atom. The van der Waals surface area contributed by atoms with Crippen LogP contribution in [0.4, 0.5) is 16.0 Å². The predicted molar refractivity (Wildman–Crippen MR) is 165 cm³/mol. The smallest absolute Gasteiger partial charge is 0.255 e. The molecule has 13 heteroatoms. The summed E-state index contributed by atoms with van der Waals surface area (Å²) in [5, 5.41) is 3.59. The molecule has 0 radical (unpaired) electrons. The van der Waals surface area contributed by atoms with Crippen LogP contribution in [0.25, 0.3) is 11.3 Å². The van der Waals surface area contributed by atoms with E-state index in [1.807, 2.05) is 0 Å². The summed E-state index contributed by atoms with van der Waals surface area (Å²) in [6.45, 7) is 4.25. The summed E-state index contributed by atoms with van der Waals surface area (Å²) in [6, 6.07) is 12.4. The van der Waals surface area contributed by atoms with Crippen molar-refractivity contribution in [3.05, 3.63) is 70.5 Å². The Labute approximate surface area is 253 Å². The molecule has 0 bridgehead atoms. The molecule has 1 N–H and O–H groups in total. The summed E-state index contributed by atoms with van der Waals surface area (Å²) in [5.41, 5.74) is 2.83. The van der Waals surface area contributed by atoms with Gasteiger partial charge in [0.2, 0.25) is 5.95 Å². The lowest BCUT2D eigenvalue weighted by Crippen LogP contribution is -2.47. The molecule has 0 unspecified atom stereocenters. The first-order chi connectivity index (χ1) is 16.9. The minimum Gasteiger partial charge on any atom is -0.370 e. The van der Waals surface area contributed by atoms with E-state index in [2.05, 4.69) is 68.3 Å². The molecular formula is C26H36Cl4FN7O. The lowest BCUT2D eigenvalue weighted by atomic mass is 10.0. The first kappa shape index (κ1) is 34.9. The lowest BCUT2D eigenvalue weighted by Gasteiger charge is -2.35. The van der Waals surface area contributed by atoms with Gasteiger partial charge in [-0.3, -0.25) is 14.3 Å². The maximum atomic E-state index is 14.3. The Morgan fingerprint density at radius 2 is 1.72 bits per heavy atom. The van der Waals surface area contributed by atoms with Gasteiger partial charge < -0.3 is 20.0 Å². The zero-order valence-corrected chi connectivity index (χ0v) is 25.4. The summed E-state index contributed by atoms with van der Waals surface area (Å²) in [5.74, 6) is 0.0472. The number of nitrogens with zero attached hydrogens (tertiary/aromatic N) is 6. The highest BCUT2D eigenvalue weighted by Gasteiger charge is 2.26. The highest BCUT2D eigenvalue weighted by atomic mass is 35.5. The fraction of sp³-hybridized carbons (Fsp3) is 0.423. The summed E-state index contributed by atoms with van der Waals surface area (Å²) in [7, 11) is 6.00. The Bertz CT molecular complexity index is 1260. The average Bonchev–Trinajstić information content (AvgIpc) is 3.37. The molecule has 5 rings (SSSR count). The minimum absolute atomic E-state index is 0. The number of halogens is 5. The number of nitrogens with one attached hydrogen (secondary N) is 1. The Kier molecular flexibility index (Phi) is 13.4. The molecule has 3 aromatic rings. The third-order valence-electron chi connectivity index (χ3n) is 7.17. The van der Waals surface area contributed by atoms with Gasteiger partial charge in [0.25, 0.3) is 5.56 Å². The first-order valence-corrected chi connectivity index (χ1v) is 12.1. The third kappa shape index (κ3) is 7.54. The molecule has 0 aliphatic carbocycles. The van der Waals surface area contributed by atoms with E-state index in [0.29, 0.717) is 30.8 Å². The van der Waals surface area contributed by atoms with Crippen molar-refractivity contribution in [1.82, 2.24) is 24.8 Å². The van der Waals surface area contributed by atoms with Crippen molar-refractivity contribution in [3.8, 4) is 11.3 Å². The number of piperazine rings is 1. The third-order valence-corrected chi connectivity index (χ3v) is 7.17. The van der Waals surface area contributed by atoms with Crippen molar-refractivity contribution in [1.29, 1.82) is 0 Å². The van der Waals surface area contributed by atoms with Gasteiger partial charge in [0, 0.05) is 75.4 Å². The van der Waals surface area contributed by atoms with Gasteiger partial charge in [-0.15, -0.1) is 49.6 Å². The number of rotatable bonds is 5. The highest BCUT2D eigenvalue weighted by Crippen LogP contribution is 2.27. The van der Waals surface area contributed by atoms with Gasteiger partial charge in [-0.1, -0.05) is 12.1 Å². The number of benzene rings is 1. The van der Waals surface area contributed by atoms with Crippen LogP contribution in [0.15, 0.2) is 53.6 Å². The quantitative estimate of drug-likeness (QED) is 0.462. The maximum Gasteiger partial charge on any atom is 0.255 e. The van der Waals surface area contributed by atoms with Crippen molar-refractivity contribution in [2.75, 3.05) is 56.6 Å². The van der Waals surface area contributed by atoms with Gasteiger partial charge in [0.15, 0.2) is 5.82 Å². The van der Waals surface area contributed by atoms with Crippen LogP contribution < -0.4 is 20.7 Å². The summed E-state index contributed by atoms with van der Waals surface area (Å²) < 4.78 is 15.9. The van der Waals surface area contributed by atoms with E-state index in [-0.39, 0.29) is 66.8 Å². The van der Waals surface area contributed by atoms with Crippen molar-refractivity contribution in [2.24, 2.45) is 7.05 Å². The largest absolute Gasteiger partial charge is 0.370 e. The molecule has 1 aromatic carbocycles. The zero-order valence-electron chi connectivity index (χ0n) is 22.1. The van der Waals surface area contributed by atoms with E-state index >= 15 is 0 Å². The number of likely N-dealkylation sites (N-methyl/N-ethyl adjacent to an activating group) is 1. The molecule has 2 aliphatic rings. The Morgan fingerprint density at radius 1 is 1.00 bits per heavy atom. The van der Waals surface area contributed by atoms with Gasteiger partial charge >= 0.3 is 0 Å². The molecular weight excluding hydrogens is 587 g/mol. The van der Waals surface area contributed by atoms with Crippen molar-refractivity contribution >= 4 is 61.3 Å². The molecule has 2 saturated heterocycles. The van der Waals surface area contributed by atoms with Crippen LogP contribution >= 0.6 is 49.6 Å². The Hall–Kier alpha value is -2.14. The van der Waals surface area contributed by atoms with Crippen LogP contribution in [-0.4, -0.2) is 72.3 Å². The molecule has 216 valence electrons. The van der Waals surface area contributed by atoms with E-state index in [9.17, 15) is 9.18 Å². The fourth-order valence-electron chi connectivity index (χ4n) is 5.00. The number of hydrogen-bond acceptors (Lipinski definition) is 7. The van der Waals surface area contributed by atoms with Crippen molar-refractivity contribution in [2.45, 2.75) is 18.5 Å². The van der Waals surface area contributed by atoms with Crippen LogP contribution in [0, 0.1) is 5.82 Å². The molecule has 4 heterocycles. The van der Waals surface area contributed by atoms with E-state index < -0.39 is 5.82 Å². The average molecular weight is 623 g/mol.